The van der Waals surface area contributed by atoms with Gasteiger partial charge in [0.25, 0.3) is 0 Å². The van der Waals surface area contributed by atoms with E-state index >= 15 is 0 Å². The first-order valence-electron chi connectivity index (χ1n) is 7.86. The fourth-order valence-corrected chi connectivity index (χ4v) is 3.76. The van der Waals surface area contributed by atoms with Crippen LogP contribution in [0.3, 0.4) is 0 Å². The molecular formula is C20H15ClF2O. The highest BCUT2D eigenvalue weighted by atomic mass is 35.5. The van der Waals surface area contributed by atoms with E-state index in [1.807, 2.05) is 37.3 Å². The van der Waals surface area contributed by atoms with Crippen molar-refractivity contribution in [3.8, 4) is 16.9 Å². The summed E-state index contributed by atoms with van der Waals surface area (Å²) < 4.78 is 33.8. The summed E-state index contributed by atoms with van der Waals surface area (Å²) in [6.45, 7) is 1.89. The Hall–Kier alpha value is -2.13. The van der Waals surface area contributed by atoms with E-state index in [-0.39, 0.29) is 11.9 Å². The summed E-state index contributed by atoms with van der Waals surface area (Å²) in [5.74, 6) is -0.681. The third kappa shape index (κ3) is 2.27. The van der Waals surface area contributed by atoms with E-state index in [0.29, 0.717) is 17.9 Å². The van der Waals surface area contributed by atoms with E-state index in [1.165, 1.54) is 6.07 Å². The zero-order chi connectivity index (χ0) is 16.8. The van der Waals surface area contributed by atoms with Gasteiger partial charge in [0.2, 0.25) is 0 Å². The van der Waals surface area contributed by atoms with Crippen molar-refractivity contribution in [1.82, 2.24) is 0 Å². The van der Waals surface area contributed by atoms with Gasteiger partial charge in [-0.05, 0) is 47.4 Å². The van der Waals surface area contributed by atoms with Crippen molar-refractivity contribution in [2.75, 3.05) is 5.88 Å². The zero-order valence-corrected chi connectivity index (χ0v) is 13.8. The molecule has 0 saturated heterocycles. The smallest absolute Gasteiger partial charge is 0.168 e. The number of alkyl halides is 1. The molecule has 0 amide bonds. The van der Waals surface area contributed by atoms with Crippen LogP contribution in [0.5, 0.6) is 5.75 Å². The normalized spacial score (nSPS) is 15.8. The number of rotatable bonds is 2. The average molecular weight is 345 g/mol. The van der Waals surface area contributed by atoms with Crippen LogP contribution in [0.15, 0.2) is 42.5 Å². The molecule has 0 radical (unpaired) electrons. The number of hydrogen-bond donors (Lipinski definition) is 0. The van der Waals surface area contributed by atoms with E-state index in [4.69, 9.17) is 16.3 Å². The SMILES string of the molecule is CC1Oc2c(F)cc(F)cc2-c2cc(CCCl)c3ccccc3c21. The van der Waals surface area contributed by atoms with Crippen LogP contribution in [-0.2, 0) is 6.42 Å². The highest BCUT2D eigenvalue weighted by Gasteiger charge is 2.29. The van der Waals surface area contributed by atoms with Crippen LogP contribution in [0.2, 0.25) is 0 Å². The summed E-state index contributed by atoms with van der Waals surface area (Å²) in [5.41, 5.74) is 3.31. The number of fused-ring (bicyclic) bond motifs is 5. The molecule has 4 heteroatoms. The summed E-state index contributed by atoms with van der Waals surface area (Å²) in [5, 5.41) is 2.14. The molecule has 4 rings (SSSR count). The van der Waals surface area contributed by atoms with E-state index in [2.05, 4.69) is 0 Å². The zero-order valence-electron chi connectivity index (χ0n) is 13.1. The summed E-state index contributed by atoms with van der Waals surface area (Å²) in [6.07, 6.45) is 0.375. The van der Waals surface area contributed by atoms with Crippen molar-refractivity contribution in [3.63, 3.8) is 0 Å². The molecule has 122 valence electrons. The molecule has 1 heterocycles. The Kier molecular flexibility index (Phi) is 3.69. The lowest BCUT2D eigenvalue weighted by Gasteiger charge is -2.29. The van der Waals surface area contributed by atoms with Crippen LogP contribution in [0.25, 0.3) is 21.9 Å². The molecule has 0 aliphatic carbocycles. The van der Waals surface area contributed by atoms with Gasteiger partial charge in [0, 0.05) is 23.1 Å². The predicted octanol–water partition coefficient (Wildman–Crippen LogP) is 6.02. The van der Waals surface area contributed by atoms with Crippen LogP contribution in [0, 0.1) is 11.6 Å². The summed E-state index contributed by atoms with van der Waals surface area (Å²) >= 11 is 5.95. The van der Waals surface area contributed by atoms with E-state index in [9.17, 15) is 8.78 Å². The van der Waals surface area contributed by atoms with Crippen LogP contribution in [0.1, 0.15) is 24.2 Å². The van der Waals surface area contributed by atoms with Crippen LogP contribution in [0.4, 0.5) is 8.78 Å². The number of ether oxygens (including phenoxy) is 1. The maximum absolute atomic E-state index is 14.2. The Morgan fingerprint density at radius 1 is 1.04 bits per heavy atom. The largest absolute Gasteiger partial charge is 0.482 e. The van der Waals surface area contributed by atoms with Gasteiger partial charge in [0.1, 0.15) is 11.9 Å². The molecule has 0 saturated carbocycles. The molecule has 0 N–H and O–H groups in total. The van der Waals surface area contributed by atoms with E-state index < -0.39 is 11.6 Å². The highest BCUT2D eigenvalue weighted by Crippen LogP contribution is 2.47. The molecule has 1 nitrogen and oxygen atoms in total. The molecule has 1 atom stereocenters. The van der Waals surface area contributed by atoms with Crippen molar-refractivity contribution in [2.45, 2.75) is 19.4 Å². The quantitative estimate of drug-likeness (QED) is 0.516. The van der Waals surface area contributed by atoms with Crippen molar-refractivity contribution >= 4 is 22.4 Å². The van der Waals surface area contributed by atoms with Crippen molar-refractivity contribution < 1.29 is 13.5 Å². The van der Waals surface area contributed by atoms with Crippen LogP contribution in [-0.4, -0.2) is 5.88 Å². The first-order chi connectivity index (χ1) is 11.6. The molecule has 24 heavy (non-hydrogen) atoms. The summed E-state index contributed by atoms with van der Waals surface area (Å²) in [7, 11) is 0. The van der Waals surface area contributed by atoms with Crippen molar-refractivity contribution in [2.24, 2.45) is 0 Å². The maximum Gasteiger partial charge on any atom is 0.168 e. The van der Waals surface area contributed by atoms with Gasteiger partial charge in [-0.25, -0.2) is 8.78 Å². The molecule has 3 aromatic carbocycles. The Labute approximate surface area is 143 Å². The minimum Gasteiger partial charge on any atom is -0.482 e. The predicted molar refractivity (Wildman–Crippen MR) is 92.8 cm³/mol. The molecular weight excluding hydrogens is 330 g/mol. The lowest BCUT2D eigenvalue weighted by Crippen LogP contribution is -2.14. The van der Waals surface area contributed by atoms with E-state index in [1.54, 1.807) is 0 Å². The van der Waals surface area contributed by atoms with Gasteiger partial charge in [-0.2, -0.15) is 0 Å². The van der Waals surface area contributed by atoms with Crippen molar-refractivity contribution in [1.29, 1.82) is 0 Å². The second kappa shape index (κ2) is 5.75. The molecule has 3 aromatic rings. The topological polar surface area (TPSA) is 9.23 Å². The van der Waals surface area contributed by atoms with Gasteiger partial charge in [-0.3, -0.25) is 0 Å². The van der Waals surface area contributed by atoms with Gasteiger partial charge in [-0.15, -0.1) is 11.6 Å². The molecule has 1 aliphatic heterocycles. The lowest BCUT2D eigenvalue weighted by atomic mass is 9.86. The van der Waals surface area contributed by atoms with Gasteiger partial charge < -0.3 is 4.74 Å². The highest BCUT2D eigenvalue weighted by molar-refractivity contribution is 6.18. The molecule has 1 aliphatic rings. The fraction of sp³-hybridized carbons (Fsp3) is 0.200. The molecule has 1 unspecified atom stereocenters. The fourth-order valence-electron chi connectivity index (χ4n) is 3.56. The molecule has 0 spiro atoms. The van der Waals surface area contributed by atoms with E-state index in [0.717, 1.165) is 33.5 Å². The second-order valence-electron chi connectivity index (χ2n) is 6.01. The maximum atomic E-state index is 14.2. The van der Waals surface area contributed by atoms with Crippen molar-refractivity contribution in [3.05, 3.63) is 65.2 Å². The monoisotopic (exact) mass is 344 g/mol. The molecule has 0 bridgehead atoms. The van der Waals surface area contributed by atoms with Gasteiger partial charge in [0.15, 0.2) is 11.6 Å². The summed E-state index contributed by atoms with van der Waals surface area (Å²) in [6, 6.07) is 12.2. The number of halogens is 3. The minimum absolute atomic E-state index is 0.114. The molecule has 0 fully saturated rings. The number of benzene rings is 3. The van der Waals surface area contributed by atoms with Gasteiger partial charge >= 0.3 is 0 Å². The lowest BCUT2D eigenvalue weighted by molar-refractivity contribution is 0.214. The second-order valence-corrected chi connectivity index (χ2v) is 6.38. The minimum atomic E-state index is -0.672. The standard InChI is InChI=1S/C20H15ClF2O/c1-11-19-15-5-3-2-4-14(15)12(6-7-21)8-16(19)17-9-13(22)10-18(23)20(17)24-11/h2-5,8-11H,6-7H2,1H3. The van der Waals surface area contributed by atoms with Crippen LogP contribution < -0.4 is 4.74 Å². The number of hydrogen-bond acceptors (Lipinski definition) is 1. The van der Waals surface area contributed by atoms with Gasteiger partial charge in [-0.1, -0.05) is 24.3 Å². The van der Waals surface area contributed by atoms with Gasteiger partial charge in [0.05, 0.1) is 0 Å². The average Bonchev–Trinajstić information content (AvgIpc) is 2.56. The Morgan fingerprint density at radius 3 is 2.54 bits per heavy atom. The number of aryl methyl sites for hydroxylation is 1. The molecule has 0 aromatic heterocycles. The third-order valence-electron chi connectivity index (χ3n) is 4.54. The Morgan fingerprint density at radius 2 is 1.79 bits per heavy atom. The Bertz CT molecular complexity index is 952. The first kappa shape index (κ1) is 15.4. The van der Waals surface area contributed by atoms with Crippen LogP contribution >= 0.6 is 11.6 Å². The Balaban J connectivity index is 2.11. The first-order valence-corrected chi connectivity index (χ1v) is 8.40. The summed E-state index contributed by atoms with van der Waals surface area (Å²) in [4.78, 5) is 0. The third-order valence-corrected chi connectivity index (χ3v) is 4.72.